The topological polar surface area (TPSA) is 76.7 Å². The highest BCUT2D eigenvalue weighted by Gasteiger charge is 2.42. The van der Waals surface area contributed by atoms with E-state index in [0.29, 0.717) is 34.5 Å². The summed E-state index contributed by atoms with van der Waals surface area (Å²) in [4.78, 5) is 15.5. The Morgan fingerprint density at radius 3 is 2.29 bits per heavy atom. The van der Waals surface area contributed by atoms with Gasteiger partial charge in [-0.15, -0.1) is 0 Å². The quantitative estimate of drug-likeness (QED) is 0.371. The molecule has 5 rings (SSSR count). The minimum atomic E-state index is -0.385. The standard InChI is InChI=1S/C27H24ClN3O4/c1-33-20-11-4-16(5-12-20)15-31-26(18-8-13-21(34-2)22(14-18)35-3)23-24(29-30-25(23)27(31)32)17-6-9-19(28)10-7-17/h4-14,26H,15H2,1-3H3,(H,29,30). The van der Waals surface area contributed by atoms with Crippen LogP contribution in [0.5, 0.6) is 17.2 Å². The molecule has 1 aliphatic heterocycles. The molecule has 4 aromatic rings. The molecule has 178 valence electrons. The van der Waals surface area contributed by atoms with Crippen LogP contribution in [0.15, 0.2) is 66.7 Å². The first-order valence-electron chi connectivity index (χ1n) is 11.0. The highest BCUT2D eigenvalue weighted by atomic mass is 35.5. The lowest BCUT2D eigenvalue weighted by atomic mass is 9.95. The lowest BCUT2D eigenvalue weighted by molar-refractivity contribution is 0.0730. The van der Waals surface area contributed by atoms with Crippen molar-refractivity contribution in [1.29, 1.82) is 0 Å². The Labute approximate surface area is 208 Å². The van der Waals surface area contributed by atoms with Crippen LogP contribution in [0.2, 0.25) is 5.02 Å². The fraction of sp³-hybridized carbons (Fsp3) is 0.185. The van der Waals surface area contributed by atoms with Crippen LogP contribution in [0.4, 0.5) is 0 Å². The number of hydrogen-bond acceptors (Lipinski definition) is 5. The van der Waals surface area contributed by atoms with Crippen LogP contribution in [0.25, 0.3) is 11.3 Å². The van der Waals surface area contributed by atoms with Gasteiger partial charge in [-0.2, -0.15) is 5.10 Å². The molecule has 0 fully saturated rings. The van der Waals surface area contributed by atoms with Crippen molar-refractivity contribution in [1.82, 2.24) is 15.1 Å². The third-order valence-electron chi connectivity index (χ3n) is 6.22. The smallest absolute Gasteiger partial charge is 0.273 e. The number of methoxy groups -OCH3 is 3. The number of amides is 1. The Hall–Kier alpha value is -3.97. The Bertz CT molecular complexity index is 1370. The number of fused-ring (bicyclic) bond motifs is 1. The summed E-state index contributed by atoms with van der Waals surface area (Å²) in [6.07, 6.45) is 0. The van der Waals surface area contributed by atoms with Gasteiger partial charge in [0.2, 0.25) is 0 Å². The molecule has 7 nitrogen and oxygen atoms in total. The molecule has 35 heavy (non-hydrogen) atoms. The number of aromatic amines is 1. The van der Waals surface area contributed by atoms with Gasteiger partial charge in [-0.1, -0.05) is 41.9 Å². The van der Waals surface area contributed by atoms with Gasteiger partial charge >= 0.3 is 0 Å². The highest BCUT2D eigenvalue weighted by Crippen LogP contribution is 2.45. The Kier molecular flexibility index (Phi) is 6.09. The monoisotopic (exact) mass is 489 g/mol. The number of hydrogen-bond donors (Lipinski definition) is 1. The van der Waals surface area contributed by atoms with Gasteiger partial charge in [0.15, 0.2) is 11.5 Å². The van der Waals surface area contributed by atoms with Crippen molar-refractivity contribution in [3.8, 4) is 28.5 Å². The minimum Gasteiger partial charge on any atom is -0.497 e. The molecular weight excluding hydrogens is 466 g/mol. The molecule has 8 heteroatoms. The van der Waals surface area contributed by atoms with Crippen molar-refractivity contribution in [3.63, 3.8) is 0 Å². The molecule has 0 radical (unpaired) electrons. The largest absolute Gasteiger partial charge is 0.497 e. The van der Waals surface area contributed by atoms with Gasteiger partial charge in [0.1, 0.15) is 11.4 Å². The van der Waals surface area contributed by atoms with Crippen LogP contribution in [-0.2, 0) is 6.54 Å². The second-order valence-corrected chi connectivity index (χ2v) is 8.60. The lowest BCUT2D eigenvalue weighted by Gasteiger charge is -2.27. The van der Waals surface area contributed by atoms with E-state index in [4.69, 9.17) is 25.8 Å². The van der Waals surface area contributed by atoms with E-state index >= 15 is 0 Å². The van der Waals surface area contributed by atoms with Crippen molar-refractivity contribution in [2.75, 3.05) is 21.3 Å². The number of nitrogens with zero attached hydrogens (tertiary/aromatic N) is 2. The summed E-state index contributed by atoms with van der Waals surface area (Å²) in [5.41, 5.74) is 4.75. The van der Waals surface area contributed by atoms with E-state index in [0.717, 1.165) is 28.0 Å². The SMILES string of the molecule is COc1ccc(CN2C(=O)c3[nH]nc(-c4ccc(Cl)cc4)c3C2c2ccc(OC)c(OC)c2)cc1. The molecular formula is C27H24ClN3O4. The Morgan fingerprint density at radius 1 is 0.914 bits per heavy atom. The fourth-order valence-electron chi connectivity index (χ4n) is 4.48. The summed E-state index contributed by atoms with van der Waals surface area (Å²) in [5.74, 6) is 1.85. The molecule has 1 aliphatic rings. The maximum atomic E-state index is 13.6. The first kappa shape index (κ1) is 22.8. The molecule has 0 spiro atoms. The Morgan fingerprint density at radius 2 is 1.63 bits per heavy atom. The number of aromatic nitrogens is 2. The summed E-state index contributed by atoms with van der Waals surface area (Å²) in [6, 6.07) is 20.5. The zero-order chi connectivity index (χ0) is 24.5. The third-order valence-corrected chi connectivity index (χ3v) is 6.47. The summed E-state index contributed by atoms with van der Waals surface area (Å²) in [6.45, 7) is 0.407. The van der Waals surface area contributed by atoms with Crippen LogP contribution in [0.1, 0.15) is 33.2 Å². The van der Waals surface area contributed by atoms with Crippen molar-refractivity contribution >= 4 is 17.5 Å². The van der Waals surface area contributed by atoms with Gasteiger partial charge in [-0.3, -0.25) is 9.89 Å². The number of halogens is 1. The summed E-state index contributed by atoms with van der Waals surface area (Å²) < 4.78 is 16.3. The van der Waals surface area contributed by atoms with Crippen molar-refractivity contribution < 1.29 is 19.0 Å². The molecule has 1 N–H and O–H groups in total. The molecule has 0 saturated carbocycles. The normalized spacial score (nSPS) is 14.7. The van der Waals surface area contributed by atoms with E-state index in [1.807, 2.05) is 71.6 Å². The number of benzene rings is 3. The van der Waals surface area contributed by atoms with Crippen LogP contribution in [0, 0.1) is 0 Å². The first-order chi connectivity index (χ1) is 17.0. The Balaban J connectivity index is 1.63. The number of carbonyl (C=O) groups excluding carboxylic acids is 1. The lowest BCUT2D eigenvalue weighted by Crippen LogP contribution is -2.29. The predicted molar refractivity (Wildman–Crippen MR) is 133 cm³/mol. The van der Waals surface area contributed by atoms with Gasteiger partial charge in [0, 0.05) is 22.7 Å². The highest BCUT2D eigenvalue weighted by molar-refractivity contribution is 6.30. The zero-order valence-corrected chi connectivity index (χ0v) is 20.3. The molecule has 2 heterocycles. The molecule has 1 aromatic heterocycles. The fourth-order valence-corrected chi connectivity index (χ4v) is 4.61. The maximum Gasteiger partial charge on any atom is 0.273 e. The number of ether oxygens (including phenoxy) is 3. The maximum absolute atomic E-state index is 13.6. The van der Waals surface area contributed by atoms with Crippen molar-refractivity contribution in [2.45, 2.75) is 12.6 Å². The average Bonchev–Trinajstić information content (AvgIpc) is 3.43. The van der Waals surface area contributed by atoms with Crippen molar-refractivity contribution in [2.24, 2.45) is 0 Å². The van der Waals surface area contributed by atoms with Gasteiger partial charge in [0.05, 0.1) is 33.1 Å². The predicted octanol–water partition coefficient (Wildman–Crippen LogP) is 5.50. The molecule has 0 aliphatic carbocycles. The van der Waals surface area contributed by atoms with E-state index in [2.05, 4.69) is 10.2 Å². The molecule has 0 bridgehead atoms. The summed E-state index contributed by atoms with van der Waals surface area (Å²) in [7, 11) is 4.82. The van der Waals surface area contributed by atoms with Gasteiger partial charge < -0.3 is 19.1 Å². The van der Waals surface area contributed by atoms with E-state index in [1.54, 1.807) is 21.3 Å². The molecule has 3 aromatic carbocycles. The van der Waals surface area contributed by atoms with Gasteiger partial charge in [-0.05, 0) is 47.5 Å². The van der Waals surface area contributed by atoms with E-state index < -0.39 is 0 Å². The van der Waals surface area contributed by atoms with Crippen molar-refractivity contribution in [3.05, 3.63) is 94.1 Å². The summed E-state index contributed by atoms with van der Waals surface area (Å²) in [5, 5.41) is 8.13. The number of nitrogens with one attached hydrogen (secondary N) is 1. The molecule has 1 atom stereocenters. The zero-order valence-electron chi connectivity index (χ0n) is 19.5. The van der Waals surface area contributed by atoms with E-state index in [9.17, 15) is 4.79 Å². The first-order valence-corrected chi connectivity index (χ1v) is 11.4. The van der Waals surface area contributed by atoms with Gasteiger partial charge in [0.25, 0.3) is 5.91 Å². The van der Waals surface area contributed by atoms with Gasteiger partial charge in [-0.25, -0.2) is 0 Å². The van der Waals surface area contributed by atoms with Crippen LogP contribution in [0.3, 0.4) is 0 Å². The number of rotatable bonds is 7. The number of H-pyrrole nitrogens is 1. The summed E-state index contributed by atoms with van der Waals surface area (Å²) >= 11 is 6.11. The third kappa shape index (κ3) is 4.08. The second kappa shape index (κ2) is 9.35. The molecule has 0 saturated heterocycles. The van der Waals surface area contributed by atoms with E-state index in [-0.39, 0.29) is 11.9 Å². The van der Waals surface area contributed by atoms with Crippen LogP contribution < -0.4 is 14.2 Å². The van der Waals surface area contributed by atoms with Crippen LogP contribution >= 0.6 is 11.6 Å². The number of carbonyl (C=O) groups is 1. The average molecular weight is 490 g/mol. The van der Waals surface area contributed by atoms with E-state index in [1.165, 1.54) is 0 Å². The minimum absolute atomic E-state index is 0.122. The second-order valence-electron chi connectivity index (χ2n) is 8.17. The van der Waals surface area contributed by atoms with Crippen LogP contribution in [-0.4, -0.2) is 42.3 Å². The molecule has 1 unspecified atom stereocenters. The molecule has 1 amide bonds.